The van der Waals surface area contributed by atoms with Crippen LogP contribution in [0.25, 0.3) is 0 Å². The zero-order chi connectivity index (χ0) is 14.5. The Morgan fingerprint density at radius 3 is 3.05 bits per heavy atom. The van der Waals surface area contributed by atoms with Crippen molar-refractivity contribution in [2.24, 2.45) is 0 Å². The van der Waals surface area contributed by atoms with E-state index < -0.39 is 22.5 Å². The first-order valence-electron chi connectivity index (χ1n) is 5.87. The summed E-state index contributed by atoms with van der Waals surface area (Å²) in [6.07, 6.45) is 1.60. The number of amides is 2. The third-order valence-electron chi connectivity index (χ3n) is 3.41. The Bertz CT molecular complexity index is 643. The molecule has 2 aliphatic heterocycles. The van der Waals surface area contributed by atoms with Gasteiger partial charge in [-0.2, -0.15) is 18.6 Å². The highest BCUT2D eigenvalue weighted by molar-refractivity contribution is 7.80. The number of fused-ring (bicyclic) bond motifs is 4. The molecule has 2 unspecified atom stereocenters. The van der Waals surface area contributed by atoms with Crippen LogP contribution in [0, 0.1) is 0 Å². The summed E-state index contributed by atoms with van der Waals surface area (Å²) in [7, 11) is -3.02. The minimum atomic E-state index is -4.76. The number of H-pyrrole nitrogens is 1. The van der Waals surface area contributed by atoms with E-state index in [1.807, 2.05) is 0 Å². The average molecular weight is 303 g/mol. The number of likely N-dealkylation sites (N-methyl/N-ethyl adjacent to an activating group) is 1. The van der Waals surface area contributed by atoms with Crippen molar-refractivity contribution in [2.75, 3.05) is 20.1 Å². The van der Waals surface area contributed by atoms with Crippen molar-refractivity contribution in [2.45, 2.75) is 12.1 Å². The second kappa shape index (κ2) is 4.41. The number of hydrogen-bond acceptors (Lipinski definition) is 6. The van der Waals surface area contributed by atoms with E-state index in [1.54, 1.807) is 13.2 Å². The molecule has 3 heterocycles. The number of nitrogens with zero attached hydrogens (tertiary/aromatic N) is 3. The monoisotopic (exact) mass is 303 g/mol. The summed E-state index contributed by atoms with van der Waals surface area (Å²) >= 11 is 0. The van der Waals surface area contributed by atoms with Gasteiger partial charge in [-0.3, -0.25) is 9.65 Å². The Balaban J connectivity index is 2.01. The van der Waals surface area contributed by atoms with Crippen LogP contribution in [0.4, 0.5) is 4.79 Å². The summed E-state index contributed by atoms with van der Waals surface area (Å²) in [5.74, 6) is 0. The number of hydroxylamine groups is 2. The van der Waals surface area contributed by atoms with Gasteiger partial charge in [-0.15, -0.1) is 4.28 Å². The largest absolute Gasteiger partial charge is 0.418 e. The molecule has 0 radical (unpaired) electrons. The van der Waals surface area contributed by atoms with E-state index in [1.165, 1.54) is 4.90 Å². The van der Waals surface area contributed by atoms with E-state index in [-0.39, 0.29) is 12.6 Å². The predicted octanol–water partition coefficient (Wildman–Crippen LogP) is -0.803. The fraction of sp³-hybridized carbons (Fsp3) is 0.556. The lowest BCUT2D eigenvalue weighted by atomic mass is 9.98. The van der Waals surface area contributed by atoms with Crippen LogP contribution < -0.4 is 5.32 Å². The quantitative estimate of drug-likeness (QED) is 0.621. The predicted molar refractivity (Wildman–Crippen MR) is 64.6 cm³/mol. The molecule has 1 aromatic rings. The second-order valence-corrected chi connectivity index (χ2v) is 5.58. The van der Waals surface area contributed by atoms with Gasteiger partial charge in [-0.1, -0.05) is 0 Å². The lowest BCUT2D eigenvalue weighted by Crippen LogP contribution is -2.39. The highest BCUT2D eigenvalue weighted by atomic mass is 32.3. The molecule has 0 saturated carbocycles. The molecule has 20 heavy (non-hydrogen) atoms. The molecule has 10 nitrogen and oxygen atoms in total. The van der Waals surface area contributed by atoms with Crippen LogP contribution in [0.15, 0.2) is 6.20 Å². The van der Waals surface area contributed by atoms with Gasteiger partial charge in [0.25, 0.3) is 0 Å². The number of urea groups is 1. The average Bonchev–Trinajstić information content (AvgIpc) is 2.92. The molecule has 3 N–H and O–H groups in total. The van der Waals surface area contributed by atoms with Crippen LogP contribution in [-0.2, 0) is 14.7 Å². The first-order valence-corrected chi connectivity index (χ1v) is 7.24. The summed E-state index contributed by atoms with van der Waals surface area (Å²) in [4.78, 5) is 13.7. The number of carbonyl (C=O) groups excluding carboxylic acids is 1. The summed E-state index contributed by atoms with van der Waals surface area (Å²) in [6, 6.07) is -1.56. The zero-order valence-electron chi connectivity index (χ0n) is 10.5. The minimum Gasteiger partial charge on any atom is -0.317 e. The maximum atomic E-state index is 12.2. The van der Waals surface area contributed by atoms with E-state index >= 15 is 0 Å². The van der Waals surface area contributed by atoms with Crippen LogP contribution >= 0.6 is 0 Å². The fourth-order valence-electron chi connectivity index (χ4n) is 2.66. The Morgan fingerprint density at radius 2 is 2.40 bits per heavy atom. The molecule has 0 aliphatic carbocycles. The molecule has 110 valence electrons. The smallest absolute Gasteiger partial charge is 0.317 e. The topological polar surface area (TPSA) is 128 Å². The number of carbonyl (C=O) groups is 1. The number of rotatable bonds is 4. The third kappa shape index (κ3) is 1.95. The summed E-state index contributed by atoms with van der Waals surface area (Å²) < 4.78 is 34.9. The molecule has 1 fully saturated rings. The molecule has 0 spiro atoms. The van der Waals surface area contributed by atoms with Crippen molar-refractivity contribution in [1.29, 1.82) is 0 Å². The highest BCUT2D eigenvalue weighted by Crippen LogP contribution is 2.42. The van der Waals surface area contributed by atoms with Crippen molar-refractivity contribution in [3.63, 3.8) is 0 Å². The normalized spacial score (nSPS) is 25.2. The maximum Gasteiger partial charge on any atom is 0.418 e. The van der Waals surface area contributed by atoms with E-state index in [2.05, 4.69) is 19.8 Å². The number of aromatic amines is 1. The maximum absolute atomic E-state index is 12.2. The number of aromatic nitrogens is 2. The molecule has 3 rings (SSSR count). The first kappa shape index (κ1) is 13.3. The van der Waals surface area contributed by atoms with Gasteiger partial charge in [0, 0.05) is 18.3 Å². The van der Waals surface area contributed by atoms with Crippen LogP contribution in [0.5, 0.6) is 0 Å². The van der Waals surface area contributed by atoms with Crippen LogP contribution in [0.1, 0.15) is 23.3 Å². The van der Waals surface area contributed by atoms with Gasteiger partial charge in [0.1, 0.15) is 6.04 Å². The van der Waals surface area contributed by atoms with Gasteiger partial charge in [0.15, 0.2) is 0 Å². The minimum absolute atomic E-state index is 0.271. The Labute approximate surface area is 114 Å². The van der Waals surface area contributed by atoms with E-state index in [9.17, 15) is 13.2 Å². The molecule has 11 heteroatoms. The Hall–Kier alpha value is -1.69. The fourth-order valence-corrected chi connectivity index (χ4v) is 3.03. The molecule has 2 amide bonds. The van der Waals surface area contributed by atoms with Gasteiger partial charge in [0.05, 0.1) is 18.3 Å². The van der Waals surface area contributed by atoms with Crippen LogP contribution in [0.2, 0.25) is 0 Å². The lowest BCUT2D eigenvalue weighted by molar-refractivity contribution is -0.0317. The van der Waals surface area contributed by atoms with Crippen molar-refractivity contribution in [3.8, 4) is 0 Å². The van der Waals surface area contributed by atoms with Crippen molar-refractivity contribution >= 4 is 16.4 Å². The number of nitrogens with one attached hydrogen (secondary N) is 2. The summed E-state index contributed by atoms with van der Waals surface area (Å²) in [5, 5.41) is 10.4. The summed E-state index contributed by atoms with van der Waals surface area (Å²) in [6.45, 7) is 0.739. The molecular weight excluding hydrogens is 290 g/mol. The van der Waals surface area contributed by atoms with Crippen LogP contribution in [-0.4, -0.2) is 59.3 Å². The Morgan fingerprint density at radius 1 is 1.65 bits per heavy atom. The van der Waals surface area contributed by atoms with Gasteiger partial charge in [0.2, 0.25) is 0 Å². The standard InChI is InChI=1S/C9H13N5O5S/c1-10-3-6-8-5(2-11-12-8)7-4-13(6)9(15)14(7)19-20(16,17)18/h2,6-7,10H,3-4H2,1H3,(H,11,12)(H,16,17,18). The number of hydrogen-bond donors (Lipinski definition) is 3. The van der Waals surface area contributed by atoms with E-state index in [4.69, 9.17) is 4.55 Å². The molecule has 2 aliphatic rings. The van der Waals surface area contributed by atoms with Crippen molar-refractivity contribution in [3.05, 3.63) is 17.5 Å². The molecule has 1 aromatic heterocycles. The van der Waals surface area contributed by atoms with Gasteiger partial charge in [-0.25, -0.2) is 4.79 Å². The van der Waals surface area contributed by atoms with Gasteiger partial charge < -0.3 is 10.2 Å². The van der Waals surface area contributed by atoms with E-state index in [0.717, 1.165) is 0 Å². The zero-order valence-corrected chi connectivity index (χ0v) is 11.3. The molecular formula is C9H13N5O5S. The van der Waals surface area contributed by atoms with Gasteiger partial charge in [-0.05, 0) is 7.05 Å². The third-order valence-corrected chi connectivity index (χ3v) is 3.76. The van der Waals surface area contributed by atoms with Gasteiger partial charge >= 0.3 is 16.4 Å². The molecule has 2 bridgehead atoms. The first-order chi connectivity index (χ1) is 9.42. The van der Waals surface area contributed by atoms with Crippen molar-refractivity contribution in [1.82, 2.24) is 25.5 Å². The van der Waals surface area contributed by atoms with Crippen molar-refractivity contribution < 1.29 is 22.0 Å². The summed E-state index contributed by atoms with van der Waals surface area (Å²) in [5.41, 5.74) is 1.33. The Kier molecular flexibility index (Phi) is 2.93. The molecule has 1 saturated heterocycles. The van der Waals surface area contributed by atoms with Crippen LogP contribution in [0.3, 0.4) is 0 Å². The molecule has 2 atom stereocenters. The lowest BCUT2D eigenvalue weighted by Gasteiger charge is -2.29. The molecule has 0 aromatic carbocycles. The SMILES string of the molecule is CNCC1c2n[nH]cc2C2CN1C(=O)N2OS(=O)(=O)O. The second-order valence-electron chi connectivity index (χ2n) is 4.58. The highest BCUT2D eigenvalue weighted by Gasteiger charge is 2.51. The van der Waals surface area contributed by atoms with E-state index in [0.29, 0.717) is 22.9 Å².